The van der Waals surface area contributed by atoms with E-state index in [1.807, 2.05) is 0 Å². The third-order valence-corrected chi connectivity index (χ3v) is 4.17. The zero-order chi connectivity index (χ0) is 11.5. The average Bonchev–Trinajstić information content (AvgIpc) is 2.53. The lowest BCUT2D eigenvalue weighted by molar-refractivity contribution is 0.0362. The Bertz CT molecular complexity index is 409. The third kappa shape index (κ3) is 3.55. The molecule has 0 unspecified atom stereocenters. The first-order valence-electron chi connectivity index (χ1n) is 5.70. The Labute approximate surface area is 112 Å². The van der Waals surface area contributed by atoms with E-state index in [-0.39, 0.29) is 12.4 Å². The second-order valence-electron chi connectivity index (χ2n) is 4.15. The molecular weight excluding hydrogens is 258 g/mol. The summed E-state index contributed by atoms with van der Waals surface area (Å²) in [6, 6.07) is 0. The average molecular weight is 278 g/mol. The number of morpholine rings is 1. The van der Waals surface area contributed by atoms with E-state index in [1.54, 1.807) is 11.3 Å². The van der Waals surface area contributed by atoms with E-state index in [2.05, 4.69) is 23.3 Å². The minimum Gasteiger partial charge on any atom is -0.379 e. The number of aromatic nitrogens is 1. The molecule has 1 aliphatic rings. The van der Waals surface area contributed by atoms with Gasteiger partial charge in [0.15, 0.2) is 4.80 Å². The quantitative estimate of drug-likeness (QED) is 0.907. The molecule has 1 saturated heterocycles. The molecule has 0 bridgehead atoms. The molecular formula is C11H20ClN3OS. The minimum absolute atomic E-state index is 0. The van der Waals surface area contributed by atoms with Gasteiger partial charge in [0.2, 0.25) is 0 Å². The standard InChI is InChI=1S/C11H19N3OS.ClH/c1-9-10(2)16-11(12)14(9)4-3-13-5-7-15-8-6-13;/h12H,3-8H2,1-2H3;1H. The molecule has 1 aromatic rings. The van der Waals surface area contributed by atoms with Crippen LogP contribution in [0.2, 0.25) is 0 Å². The maximum atomic E-state index is 7.89. The van der Waals surface area contributed by atoms with E-state index in [0.717, 1.165) is 39.4 Å². The molecule has 2 heterocycles. The molecule has 1 fully saturated rings. The van der Waals surface area contributed by atoms with Crippen LogP contribution in [-0.4, -0.2) is 42.3 Å². The fourth-order valence-corrected chi connectivity index (χ4v) is 2.84. The van der Waals surface area contributed by atoms with Crippen molar-refractivity contribution in [3.8, 4) is 0 Å². The molecule has 0 aliphatic carbocycles. The molecule has 1 aliphatic heterocycles. The highest BCUT2D eigenvalue weighted by molar-refractivity contribution is 7.09. The van der Waals surface area contributed by atoms with Gasteiger partial charge in [0, 0.05) is 36.8 Å². The molecule has 0 aromatic carbocycles. The van der Waals surface area contributed by atoms with Gasteiger partial charge in [-0.2, -0.15) is 0 Å². The molecule has 0 amide bonds. The first-order valence-corrected chi connectivity index (χ1v) is 6.51. The van der Waals surface area contributed by atoms with Crippen molar-refractivity contribution < 1.29 is 4.74 Å². The van der Waals surface area contributed by atoms with Crippen LogP contribution in [0.5, 0.6) is 0 Å². The van der Waals surface area contributed by atoms with Gasteiger partial charge in [0.05, 0.1) is 13.2 Å². The van der Waals surface area contributed by atoms with Crippen LogP contribution in [0.15, 0.2) is 0 Å². The second kappa shape index (κ2) is 6.54. The highest BCUT2D eigenvalue weighted by Gasteiger charge is 2.11. The summed E-state index contributed by atoms with van der Waals surface area (Å²) in [5.74, 6) is 0. The molecule has 0 saturated carbocycles. The number of hydrogen-bond acceptors (Lipinski definition) is 4. The Morgan fingerprint density at radius 3 is 2.41 bits per heavy atom. The number of ether oxygens (including phenoxy) is 1. The van der Waals surface area contributed by atoms with Gasteiger partial charge in [0.25, 0.3) is 0 Å². The van der Waals surface area contributed by atoms with Crippen LogP contribution in [0.3, 0.4) is 0 Å². The van der Waals surface area contributed by atoms with Gasteiger partial charge in [-0.25, -0.2) is 0 Å². The number of rotatable bonds is 3. The summed E-state index contributed by atoms with van der Waals surface area (Å²) >= 11 is 1.57. The van der Waals surface area contributed by atoms with Crippen LogP contribution in [-0.2, 0) is 11.3 Å². The van der Waals surface area contributed by atoms with Crippen molar-refractivity contribution in [2.75, 3.05) is 32.8 Å². The Morgan fingerprint density at radius 1 is 1.24 bits per heavy atom. The van der Waals surface area contributed by atoms with Crippen LogP contribution >= 0.6 is 23.7 Å². The predicted molar refractivity (Wildman–Crippen MR) is 72.1 cm³/mol. The highest BCUT2D eigenvalue weighted by Crippen LogP contribution is 2.09. The van der Waals surface area contributed by atoms with Crippen molar-refractivity contribution in [1.29, 1.82) is 5.41 Å². The monoisotopic (exact) mass is 277 g/mol. The summed E-state index contributed by atoms with van der Waals surface area (Å²) in [4.78, 5) is 4.33. The molecule has 17 heavy (non-hydrogen) atoms. The molecule has 6 heteroatoms. The number of aryl methyl sites for hydroxylation is 1. The van der Waals surface area contributed by atoms with E-state index in [1.165, 1.54) is 10.6 Å². The smallest absolute Gasteiger partial charge is 0.182 e. The van der Waals surface area contributed by atoms with E-state index < -0.39 is 0 Å². The van der Waals surface area contributed by atoms with E-state index in [4.69, 9.17) is 10.1 Å². The van der Waals surface area contributed by atoms with Gasteiger partial charge >= 0.3 is 0 Å². The molecule has 0 radical (unpaired) electrons. The highest BCUT2D eigenvalue weighted by atomic mass is 35.5. The van der Waals surface area contributed by atoms with Gasteiger partial charge in [-0.05, 0) is 13.8 Å². The molecule has 1 aromatic heterocycles. The summed E-state index contributed by atoms with van der Waals surface area (Å²) in [6.45, 7) is 9.88. The van der Waals surface area contributed by atoms with Crippen molar-refractivity contribution in [2.45, 2.75) is 20.4 Å². The van der Waals surface area contributed by atoms with Crippen molar-refractivity contribution in [3.05, 3.63) is 15.4 Å². The molecule has 1 N–H and O–H groups in total. The SMILES string of the molecule is Cc1sc(=N)n(CCN2CCOCC2)c1C.Cl. The van der Waals surface area contributed by atoms with Gasteiger partial charge in [-0.1, -0.05) is 0 Å². The van der Waals surface area contributed by atoms with Crippen molar-refractivity contribution in [3.63, 3.8) is 0 Å². The Hall–Kier alpha value is -0.360. The first-order chi connectivity index (χ1) is 7.68. The maximum absolute atomic E-state index is 7.89. The number of nitrogens with one attached hydrogen (secondary N) is 1. The number of hydrogen-bond donors (Lipinski definition) is 1. The van der Waals surface area contributed by atoms with Gasteiger partial charge in [0.1, 0.15) is 0 Å². The zero-order valence-electron chi connectivity index (χ0n) is 10.4. The van der Waals surface area contributed by atoms with Crippen molar-refractivity contribution in [2.24, 2.45) is 0 Å². The van der Waals surface area contributed by atoms with Crippen LogP contribution in [0.1, 0.15) is 10.6 Å². The topological polar surface area (TPSA) is 41.2 Å². The van der Waals surface area contributed by atoms with Crippen LogP contribution in [0.25, 0.3) is 0 Å². The maximum Gasteiger partial charge on any atom is 0.182 e. The predicted octanol–water partition coefficient (Wildman–Crippen LogP) is 1.40. The minimum atomic E-state index is 0. The van der Waals surface area contributed by atoms with Crippen LogP contribution in [0.4, 0.5) is 0 Å². The van der Waals surface area contributed by atoms with Crippen LogP contribution in [0, 0.1) is 19.3 Å². The van der Waals surface area contributed by atoms with Crippen molar-refractivity contribution >= 4 is 23.7 Å². The summed E-state index contributed by atoms with van der Waals surface area (Å²) in [6.07, 6.45) is 0. The van der Waals surface area contributed by atoms with Crippen molar-refractivity contribution in [1.82, 2.24) is 9.47 Å². The number of thiazole rings is 1. The zero-order valence-corrected chi connectivity index (χ0v) is 12.0. The van der Waals surface area contributed by atoms with Gasteiger partial charge in [-0.3, -0.25) is 10.3 Å². The molecule has 2 rings (SSSR count). The first kappa shape index (κ1) is 14.7. The summed E-state index contributed by atoms with van der Waals surface area (Å²) in [7, 11) is 0. The van der Waals surface area contributed by atoms with Gasteiger partial charge in [-0.15, -0.1) is 23.7 Å². The molecule has 98 valence electrons. The lowest BCUT2D eigenvalue weighted by Crippen LogP contribution is -2.39. The third-order valence-electron chi connectivity index (χ3n) is 3.15. The molecule has 0 spiro atoms. The Balaban J connectivity index is 0.00000144. The van der Waals surface area contributed by atoms with E-state index >= 15 is 0 Å². The summed E-state index contributed by atoms with van der Waals surface area (Å²) in [5, 5.41) is 7.89. The molecule has 0 atom stereocenters. The number of halogens is 1. The Morgan fingerprint density at radius 2 is 1.88 bits per heavy atom. The second-order valence-corrected chi connectivity index (χ2v) is 5.36. The summed E-state index contributed by atoms with van der Waals surface area (Å²) in [5.41, 5.74) is 1.24. The summed E-state index contributed by atoms with van der Waals surface area (Å²) < 4.78 is 7.43. The lowest BCUT2D eigenvalue weighted by Gasteiger charge is -2.26. The molecule has 4 nitrogen and oxygen atoms in total. The van der Waals surface area contributed by atoms with E-state index in [0.29, 0.717) is 4.80 Å². The van der Waals surface area contributed by atoms with Crippen LogP contribution < -0.4 is 4.80 Å². The number of nitrogens with zero attached hydrogens (tertiary/aromatic N) is 2. The lowest BCUT2D eigenvalue weighted by atomic mass is 10.4. The Kier molecular flexibility index (Phi) is 5.66. The fourth-order valence-electron chi connectivity index (χ4n) is 1.95. The largest absolute Gasteiger partial charge is 0.379 e. The van der Waals surface area contributed by atoms with E-state index in [9.17, 15) is 0 Å². The fraction of sp³-hybridized carbons (Fsp3) is 0.727. The van der Waals surface area contributed by atoms with Gasteiger partial charge < -0.3 is 9.30 Å². The normalized spacial score (nSPS) is 16.8.